The first-order chi connectivity index (χ1) is 15.7. The van der Waals surface area contributed by atoms with E-state index in [0.717, 1.165) is 5.57 Å². The van der Waals surface area contributed by atoms with Crippen molar-refractivity contribution in [2.75, 3.05) is 13.2 Å². The van der Waals surface area contributed by atoms with Gasteiger partial charge in [0.2, 0.25) is 0 Å². The predicted molar refractivity (Wildman–Crippen MR) is 115 cm³/mol. The van der Waals surface area contributed by atoms with Crippen molar-refractivity contribution < 1.29 is 48.3 Å². The van der Waals surface area contributed by atoms with E-state index in [9.17, 15) is 24.6 Å². The van der Waals surface area contributed by atoms with Crippen LogP contribution in [0.3, 0.4) is 0 Å². The lowest BCUT2D eigenvalue weighted by Crippen LogP contribution is -2.67. The molecule has 10 heteroatoms. The summed E-state index contributed by atoms with van der Waals surface area (Å²) in [5.41, 5.74) is -3.54. The smallest absolute Gasteiger partial charge is 0.309 e. The molecule has 0 aromatic heterocycles. The zero-order chi connectivity index (χ0) is 25.3. The Labute approximate surface area is 198 Å². The molecule has 0 radical (unpaired) electrons. The molecule has 8 atom stereocenters. The number of ether oxygens (including phenoxy) is 5. The van der Waals surface area contributed by atoms with Crippen LogP contribution >= 0.6 is 0 Å². The van der Waals surface area contributed by atoms with Crippen LogP contribution in [0.4, 0.5) is 0 Å². The average molecular weight is 483 g/mol. The first-order valence-electron chi connectivity index (χ1n) is 11.6. The Hall–Kier alpha value is -2.01. The van der Waals surface area contributed by atoms with Crippen LogP contribution in [0.5, 0.6) is 0 Å². The number of rotatable bonds is 6. The molecule has 34 heavy (non-hydrogen) atoms. The van der Waals surface area contributed by atoms with E-state index in [2.05, 4.69) is 0 Å². The molecule has 190 valence electrons. The van der Waals surface area contributed by atoms with E-state index < -0.39 is 70.5 Å². The lowest BCUT2D eigenvalue weighted by atomic mass is 9.51. The number of hydrogen-bond acceptors (Lipinski definition) is 10. The summed E-state index contributed by atoms with van der Waals surface area (Å²) in [6, 6.07) is 0. The van der Waals surface area contributed by atoms with Gasteiger partial charge in [0.25, 0.3) is 0 Å². The molecule has 10 nitrogen and oxygen atoms in total. The summed E-state index contributed by atoms with van der Waals surface area (Å²) in [4.78, 5) is 36.3. The number of epoxide rings is 1. The third-order valence-corrected chi connectivity index (χ3v) is 8.02. The van der Waals surface area contributed by atoms with Crippen LogP contribution in [0.1, 0.15) is 54.4 Å². The maximum Gasteiger partial charge on any atom is 0.309 e. The Balaban J connectivity index is 1.76. The van der Waals surface area contributed by atoms with E-state index >= 15 is 0 Å². The number of hydrogen-bond donors (Lipinski definition) is 2. The molecule has 3 fully saturated rings. The summed E-state index contributed by atoms with van der Waals surface area (Å²) in [6.45, 7) is 9.41. The maximum absolute atomic E-state index is 12.6. The Morgan fingerprint density at radius 2 is 1.85 bits per heavy atom. The van der Waals surface area contributed by atoms with E-state index in [0.29, 0.717) is 0 Å². The number of fused-ring (bicyclic) bond motifs is 2. The van der Waals surface area contributed by atoms with Crippen LogP contribution in [-0.2, 0) is 38.1 Å². The highest BCUT2D eigenvalue weighted by atomic mass is 16.7. The second-order valence-electron chi connectivity index (χ2n) is 10.9. The van der Waals surface area contributed by atoms with E-state index in [-0.39, 0.29) is 26.1 Å². The first kappa shape index (κ1) is 25.1. The number of esters is 3. The summed E-state index contributed by atoms with van der Waals surface area (Å²) >= 11 is 0. The fraction of sp³-hybridized carbons (Fsp3) is 0.792. The van der Waals surface area contributed by atoms with Crippen molar-refractivity contribution in [3.05, 3.63) is 11.6 Å². The van der Waals surface area contributed by atoms with Crippen molar-refractivity contribution in [2.24, 2.45) is 10.8 Å². The van der Waals surface area contributed by atoms with Gasteiger partial charge in [-0.3, -0.25) is 14.4 Å². The first-order valence-corrected chi connectivity index (χ1v) is 11.6. The van der Waals surface area contributed by atoms with E-state index in [1.807, 2.05) is 19.9 Å². The predicted octanol–water partition coefficient (Wildman–Crippen LogP) is 0.808. The molecule has 2 saturated heterocycles. The van der Waals surface area contributed by atoms with E-state index in [1.54, 1.807) is 0 Å². The van der Waals surface area contributed by atoms with Crippen LogP contribution < -0.4 is 0 Å². The van der Waals surface area contributed by atoms with Gasteiger partial charge in [0, 0.05) is 31.1 Å². The Morgan fingerprint density at radius 3 is 2.38 bits per heavy atom. The second-order valence-corrected chi connectivity index (χ2v) is 10.9. The molecular formula is C24H34O10. The summed E-state index contributed by atoms with van der Waals surface area (Å²) in [7, 11) is 0. The van der Waals surface area contributed by atoms with Crippen LogP contribution in [0, 0.1) is 10.8 Å². The Bertz CT molecular complexity index is 915. The summed E-state index contributed by atoms with van der Waals surface area (Å²) in [5.74, 6) is -1.63. The number of carbonyl (C=O) groups excluding carboxylic acids is 3. The average Bonchev–Trinajstić information content (AvgIpc) is 3.47. The zero-order valence-electron chi connectivity index (χ0n) is 20.5. The Morgan fingerprint density at radius 1 is 1.21 bits per heavy atom. The topological polar surface area (TPSA) is 141 Å². The van der Waals surface area contributed by atoms with E-state index in [1.165, 1.54) is 27.7 Å². The number of carbonyl (C=O) groups is 3. The molecule has 0 aromatic rings. The Kier molecular flexibility index (Phi) is 5.91. The summed E-state index contributed by atoms with van der Waals surface area (Å²) < 4.78 is 29.1. The molecule has 2 unspecified atom stereocenters. The maximum atomic E-state index is 12.6. The van der Waals surface area contributed by atoms with Gasteiger partial charge in [-0.15, -0.1) is 0 Å². The van der Waals surface area contributed by atoms with Crippen LogP contribution in [0.2, 0.25) is 0 Å². The summed E-state index contributed by atoms with van der Waals surface area (Å²) in [6.07, 6.45) is -2.35. The van der Waals surface area contributed by atoms with Gasteiger partial charge in [0.1, 0.15) is 30.5 Å². The molecule has 4 aliphatic rings. The van der Waals surface area contributed by atoms with Crippen molar-refractivity contribution in [1.29, 1.82) is 0 Å². The third-order valence-electron chi connectivity index (χ3n) is 8.02. The van der Waals surface area contributed by atoms with Crippen molar-refractivity contribution in [3.63, 3.8) is 0 Å². The fourth-order valence-electron chi connectivity index (χ4n) is 6.23. The van der Waals surface area contributed by atoms with Gasteiger partial charge >= 0.3 is 17.9 Å². The molecule has 0 aromatic carbocycles. The largest absolute Gasteiger partial charge is 0.465 e. The lowest BCUT2D eigenvalue weighted by molar-refractivity contribution is -0.239. The molecular weight excluding hydrogens is 448 g/mol. The monoisotopic (exact) mass is 482 g/mol. The molecule has 4 rings (SSSR count). The minimum atomic E-state index is -1.24. The highest BCUT2D eigenvalue weighted by molar-refractivity contribution is 5.71. The number of aliphatic hydroxyl groups excluding tert-OH is 1. The summed E-state index contributed by atoms with van der Waals surface area (Å²) in [5, 5.41) is 21.6. The van der Waals surface area contributed by atoms with Crippen LogP contribution in [-0.4, -0.2) is 83.1 Å². The SMILES string of the molecule is CC(=O)OC[C@]12C[C@H](OC(=O)CC(C)(C)O)C(C)=C[C@H]1OC1[C@H](OC(C)=O)[C@@H](O)[C@@]2(C)C12CO2. The molecule has 2 N–H and O–H groups in total. The third kappa shape index (κ3) is 3.66. The van der Waals surface area contributed by atoms with Gasteiger partial charge in [-0.1, -0.05) is 13.0 Å². The normalized spacial score (nSPS) is 42.5. The van der Waals surface area contributed by atoms with Gasteiger partial charge in [-0.2, -0.15) is 0 Å². The highest BCUT2D eigenvalue weighted by Gasteiger charge is 2.86. The standard InChI is InChI=1S/C24H34O10/c1-12-7-16-23(10-30-13(2)25,8-15(12)33-17(27)9-21(4,5)29)22(6)19(28)18(32-14(3)26)20(34-16)24(22)11-31-24/h7,15-16,18-20,28-29H,8-11H2,1-6H3/t15-,16+,18+,19+,20?,22+,23+,24?/m0/s1. The van der Waals surface area contributed by atoms with Gasteiger partial charge < -0.3 is 33.9 Å². The molecule has 1 saturated carbocycles. The molecule has 2 aliphatic carbocycles. The van der Waals surface area contributed by atoms with Gasteiger partial charge in [0.05, 0.1) is 24.7 Å². The fourth-order valence-corrected chi connectivity index (χ4v) is 6.23. The molecule has 1 spiro atoms. The van der Waals surface area contributed by atoms with Crippen LogP contribution in [0.25, 0.3) is 0 Å². The van der Waals surface area contributed by atoms with Crippen molar-refractivity contribution >= 4 is 17.9 Å². The molecule has 0 amide bonds. The van der Waals surface area contributed by atoms with Gasteiger partial charge in [0.15, 0.2) is 6.10 Å². The van der Waals surface area contributed by atoms with Gasteiger partial charge in [-0.05, 0) is 26.3 Å². The quantitative estimate of drug-likeness (QED) is 0.242. The molecule has 2 bridgehead atoms. The van der Waals surface area contributed by atoms with Crippen molar-refractivity contribution in [2.45, 2.75) is 96.1 Å². The van der Waals surface area contributed by atoms with Crippen molar-refractivity contribution in [1.82, 2.24) is 0 Å². The zero-order valence-corrected chi connectivity index (χ0v) is 20.5. The van der Waals surface area contributed by atoms with Crippen molar-refractivity contribution in [3.8, 4) is 0 Å². The van der Waals surface area contributed by atoms with E-state index in [4.69, 9.17) is 23.7 Å². The van der Waals surface area contributed by atoms with Gasteiger partial charge in [-0.25, -0.2) is 0 Å². The van der Waals surface area contributed by atoms with Crippen LogP contribution in [0.15, 0.2) is 11.6 Å². The molecule has 2 aliphatic heterocycles. The minimum Gasteiger partial charge on any atom is -0.465 e. The molecule has 2 heterocycles. The minimum absolute atomic E-state index is 0.117. The second kappa shape index (κ2) is 8.01. The lowest BCUT2D eigenvalue weighted by Gasteiger charge is -2.58. The number of aliphatic hydroxyl groups is 2. The highest BCUT2D eigenvalue weighted by Crippen LogP contribution is 2.72.